The lowest BCUT2D eigenvalue weighted by Gasteiger charge is -2.15. The van der Waals surface area contributed by atoms with Gasteiger partial charge in [-0.2, -0.15) is 0 Å². The van der Waals surface area contributed by atoms with Crippen LogP contribution in [0.5, 0.6) is 11.5 Å². The van der Waals surface area contributed by atoms with Crippen molar-refractivity contribution in [1.82, 2.24) is 0 Å². The molecule has 0 saturated carbocycles. The van der Waals surface area contributed by atoms with E-state index in [0.29, 0.717) is 11.4 Å². The Bertz CT molecular complexity index is 610. The zero-order valence-corrected chi connectivity index (χ0v) is 11.5. The molecule has 0 fully saturated rings. The molecule has 1 amide bonds. The maximum Gasteiger partial charge on any atom is 0.265 e. The average Bonchev–Trinajstić information content (AvgIpc) is 2.41. The van der Waals surface area contributed by atoms with Gasteiger partial charge in [0, 0.05) is 0 Å². The molecule has 2 aromatic rings. The van der Waals surface area contributed by atoms with Crippen molar-refractivity contribution < 1.29 is 14.6 Å². The molecule has 0 aliphatic carbocycles. The summed E-state index contributed by atoms with van der Waals surface area (Å²) in [6.45, 7) is 3.62. The minimum absolute atomic E-state index is 0.0311. The molecule has 0 radical (unpaired) electrons. The number of aromatic hydroxyl groups is 1. The number of nitrogens with one attached hydrogen (secondary N) is 1. The summed E-state index contributed by atoms with van der Waals surface area (Å²) < 4.78 is 5.58. The van der Waals surface area contributed by atoms with Gasteiger partial charge in [0.1, 0.15) is 11.5 Å². The van der Waals surface area contributed by atoms with Gasteiger partial charge in [0.2, 0.25) is 0 Å². The van der Waals surface area contributed by atoms with Crippen molar-refractivity contribution in [3.8, 4) is 11.5 Å². The van der Waals surface area contributed by atoms with Gasteiger partial charge in [0.25, 0.3) is 5.91 Å². The number of carbonyl (C=O) groups excluding carboxylic acids is 1. The number of phenolic OH excluding ortho intramolecular Hbond substituents is 1. The lowest BCUT2D eigenvalue weighted by atomic mass is 10.2. The highest BCUT2D eigenvalue weighted by atomic mass is 16.5. The molecule has 1 atom stereocenters. The van der Waals surface area contributed by atoms with E-state index in [-0.39, 0.29) is 11.7 Å². The number of aryl methyl sites for hydroxylation is 1. The Morgan fingerprint density at radius 2 is 1.95 bits per heavy atom. The van der Waals surface area contributed by atoms with Crippen LogP contribution in [-0.4, -0.2) is 17.1 Å². The molecule has 4 heteroatoms. The molecular weight excluding hydrogens is 254 g/mol. The first-order valence-corrected chi connectivity index (χ1v) is 6.38. The fraction of sp³-hybridized carbons (Fsp3) is 0.188. The Morgan fingerprint density at radius 1 is 1.20 bits per heavy atom. The van der Waals surface area contributed by atoms with Crippen molar-refractivity contribution >= 4 is 11.6 Å². The average molecular weight is 271 g/mol. The Morgan fingerprint density at radius 3 is 2.65 bits per heavy atom. The van der Waals surface area contributed by atoms with Crippen LogP contribution >= 0.6 is 0 Å². The summed E-state index contributed by atoms with van der Waals surface area (Å²) in [4.78, 5) is 12.0. The van der Waals surface area contributed by atoms with Crippen molar-refractivity contribution in [2.24, 2.45) is 0 Å². The van der Waals surface area contributed by atoms with Gasteiger partial charge in [-0.05, 0) is 43.7 Å². The summed E-state index contributed by atoms with van der Waals surface area (Å²) in [5.41, 5.74) is 1.44. The third-order valence-corrected chi connectivity index (χ3v) is 2.83. The van der Waals surface area contributed by atoms with E-state index >= 15 is 0 Å². The van der Waals surface area contributed by atoms with Crippen molar-refractivity contribution in [2.45, 2.75) is 20.0 Å². The maximum absolute atomic E-state index is 12.0. The fourth-order valence-corrected chi connectivity index (χ4v) is 1.76. The van der Waals surface area contributed by atoms with Crippen molar-refractivity contribution in [3.63, 3.8) is 0 Å². The molecule has 0 unspecified atom stereocenters. The molecule has 0 bridgehead atoms. The van der Waals surface area contributed by atoms with E-state index in [2.05, 4.69) is 5.32 Å². The van der Waals surface area contributed by atoms with Gasteiger partial charge < -0.3 is 15.2 Å². The van der Waals surface area contributed by atoms with Crippen LogP contribution in [0.2, 0.25) is 0 Å². The summed E-state index contributed by atoms with van der Waals surface area (Å²) in [6.07, 6.45) is -0.656. The lowest BCUT2D eigenvalue weighted by Crippen LogP contribution is -2.30. The first-order valence-electron chi connectivity index (χ1n) is 6.38. The van der Waals surface area contributed by atoms with E-state index in [0.717, 1.165) is 5.56 Å². The molecule has 2 N–H and O–H groups in total. The molecule has 4 nitrogen and oxygen atoms in total. The number of para-hydroxylation sites is 2. The number of anilines is 1. The van der Waals surface area contributed by atoms with E-state index in [1.165, 1.54) is 6.07 Å². The first-order chi connectivity index (χ1) is 9.56. The second kappa shape index (κ2) is 6.10. The summed E-state index contributed by atoms with van der Waals surface area (Å²) in [6, 6.07) is 14.1. The Labute approximate surface area is 118 Å². The van der Waals surface area contributed by atoms with Crippen molar-refractivity contribution in [1.29, 1.82) is 0 Å². The summed E-state index contributed by atoms with van der Waals surface area (Å²) in [5.74, 6) is 0.363. The molecule has 0 heterocycles. The molecular formula is C16H17NO3. The zero-order valence-electron chi connectivity index (χ0n) is 11.5. The number of carbonyl (C=O) groups is 1. The topological polar surface area (TPSA) is 58.6 Å². The first kappa shape index (κ1) is 13.9. The number of hydrogen-bond donors (Lipinski definition) is 2. The van der Waals surface area contributed by atoms with E-state index < -0.39 is 6.10 Å². The standard InChI is InChI=1S/C16H17NO3/c1-11-6-5-7-13(10-11)20-12(2)16(19)17-14-8-3-4-9-15(14)18/h3-10,12,18H,1-2H3,(H,17,19)/t12-/m1/s1. The van der Waals surface area contributed by atoms with Crippen LogP contribution in [0.25, 0.3) is 0 Å². The van der Waals surface area contributed by atoms with Crippen molar-refractivity contribution in [2.75, 3.05) is 5.32 Å². The largest absolute Gasteiger partial charge is 0.506 e. The van der Waals surface area contributed by atoms with Gasteiger partial charge in [-0.3, -0.25) is 4.79 Å². The maximum atomic E-state index is 12.0. The SMILES string of the molecule is Cc1cccc(O[C@H](C)C(=O)Nc2ccccc2O)c1. The molecule has 0 aromatic heterocycles. The molecule has 2 aromatic carbocycles. The predicted molar refractivity (Wildman–Crippen MR) is 78.0 cm³/mol. The number of ether oxygens (including phenoxy) is 1. The summed E-state index contributed by atoms with van der Waals surface area (Å²) in [5, 5.41) is 12.2. The molecule has 0 spiro atoms. The normalized spacial score (nSPS) is 11.7. The van der Waals surface area contributed by atoms with Crippen LogP contribution in [0.4, 0.5) is 5.69 Å². The van der Waals surface area contributed by atoms with Crippen LogP contribution < -0.4 is 10.1 Å². The second-order valence-electron chi connectivity index (χ2n) is 4.58. The van der Waals surface area contributed by atoms with Gasteiger partial charge in [-0.1, -0.05) is 24.3 Å². The van der Waals surface area contributed by atoms with Crippen LogP contribution in [0, 0.1) is 6.92 Å². The number of phenols is 1. The van der Waals surface area contributed by atoms with Crippen LogP contribution in [0.1, 0.15) is 12.5 Å². The monoisotopic (exact) mass is 271 g/mol. The van der Waals surface area contributed by atoms with E-state index in [9.17, 15) is 9.90 Å². The highest BCUT2D eigenvalue weighted by molar-refractivity contribution is 5.95. The number of rotatable bonds is 4. The molecule has 0 saturated heterocycles. The third kappa shape index (κ3) is 3.51. The zero-order chi connectivity index (χ0) is 14.5. The van der Waals surface area contributed by atoms with Gasteiger partial charge in [0.05, 0.1) is 5.69 Å². The lowest BCUT2D eigenvalue weighted by molar-refractivity contribution is -0.122. The van der Waals surface area contributed by atoms with E-state index in [4.69, 9.17) is 4.74 Å². The highest BCUT2D eigenvalue weighted by Gasteiger charge is 2.16. The Balaban J connectivity index is 2.01. The minimum Gasteiger partial charge on any atom is -0.506 e. The number of amides is 1. The van der Waals surface area contributed by atoms with Crippen molar-refractivity contribution in [3.05, 3.63) is 54.1 Å². The summed E-state index contributed by atoms with van der Waals surface area (Å²) in [7, 11) is 0. The van der Waals surface area contributed by atoms with Gasteiger partial charge in [-0.15, -0.1) is 0 Å². The highest BCUT2D eigenvalue weighted by Crippen LogP contribution is 2.22. The minimum atomic E-state index is -0.656. The van der Waals surface area contributed by atoms with Gasteiger partial charge >= 0.3 is 0 Å². The second-order valence-corrected chi connectivity index (χ2v) is 4.58. The Kier molecular flexibility index (Phi) is 4.25. The predicted octanol–water partition coefficient (Wildman–Crippen LogP) is 3.11. The number of benzene rings is 2. The fourth-order valence-electron chi connectivity index (χ4n) is 1.76. The Hall–Kier alpha value is -2.49. The van der Waals surface area contributed by atoms with Crippen LogP contribution in [0.15, 0.2) is 48.5 Å². The molecule has 104 valence electrons. The van der Waals surface area contributed by atoms with E-state index in [1.807, 2.05) is 25.1 Å². The molecule has 0 aliphatic rings. The third-order valence-electron chi connectivity index (χ3n) is 2.83. The van der Waals surface area contributed by atoms with Gasteiger partial charge in [-0.25, -0.2) is 0 Å². The molecule has 0 aliphatic heterocycles. The quantitative estimate of drug-likeness (QED) is 0.840. The molecule has 20 heavy (non-hydrogen) atoms. The summed E-state index contributed by atoms with van der Waals surface area (Å²) >= 11 is 0. The number of hydrogen-bond acceptors (Lipinski definition) is 3. The smallest absolute Gasteiger partial charge is 0.265 e. The van der Waals surface area contributed by atoms with Crippen LogP contribution in [0.3, 0.4) is 0 Å². The van der Waals surface area contributed by atoms with E-state index in [1.54, 1.807) is 31.2 Å². The van der Waals surface area contributed by atoms with Gasteiger partial charge in [0.15, 0.2) is 6.10 Å². The van der Waals surface area contributed by atoms with Crippen LogP contribution in [-0.2, 0) is 4.79 Å². The molecule has 2 rings (SSSR count).